The van der Waals surface area contributed by atoms with E-state index in [9.17, 15) is 19.1 Å². The van der Waals surface area contributed by atoms with Crippen molar-refractivity contribution in [3.63, 3.8) is 0 Å². The van der Waals surface area contributed by atoms with Gasteiger partial charge in [0.05, 0.1) is 29.5 Å². The molecule has 1 N–H and O–H groups in total. The number of aliphatic hydroxyl groups is 1. The summed E-state index contributed by atoms with van der Waals surface area (Å²) in [6.07, 6.45) is 0. The topological polar surface area (TPSA) is 89.0 Å². The number of benzene rings is 3. The Morgan fingerprint density at radius 1 is 1.11 bits per heavy atom. The summed E-state index contributed by atoms with van der Waals surface area (Å²) in [5.41, 5.74) is 1.21. The zero-order chi connectivity index (χ0) is 25.4. The van der Waals surface area contributed by atoms with Crippen LogP contribution in [0.15, 0.2) is 72.3 Å². The lowest BCUT2D eigenvalue weighted by Crippen LogP contribution is -2.29. The number of anilines is 1. The monoisotopic (exact) mass is 504 g/mol. The van der Waals surface area contributed by atoms with Crippen LogP contribution in [0, 0.1) is 5.82 Å². The molecule has 1 amide bonds. The Bertz CT molecular complexity index is 1510. The summed E-state index contributed by atoms with van der Waals surface area (Å²) in [4.78, 5) is 32.6. The van der Waals surface area contributed by atoms with E-state index in [0.717, 1.165) is 4.70 Å². The van der Waals surface area contributed by atoms with Gasteiger partial charge in [0.25, 0.3) is 5.78 Å². The van der Waals surface area contributed by atoms with Crippen LogP contribution < -0.4 is 14.4 Å². The molecular formula is C27H21FN2O5S. The van der Waals surface area contributed by atoms with E-state index in [2.05, 4.69) is 4.98 Å². The summed E-state index contributed by atoms with van der Waals surface area (Å²) in [7, 11) is 1.48. The van der Waals surface area contributed by atoms with Crippen molar-refractivity contribution in [3.05, 3.63) is 89.2 Å². The molecule has 1 aliphatic rings. The number of hydrogen-bond acceptors (Lipinski definition) is 7. The zero-order valence-electron chi connectivity index (χ0n) is 19.4. The summed E-state index contributed by atoms with van der Waals surface area (Å²) < 4.78 is 25.4. The number of carbonyl (C=O) groups is 2. The Balaban J connectivity index is 1.72. The van der Waals surface area contributed by atoms with Crippen molar-refractivity contribution in [2.45, 2.75) is 13.0 Å². The van der Waals surface area contributed by atoms with Gasteiger partial charge in [-0.1, -0.05) is 29.5 Å². The van der Waals surface area contributed by atoms with Gasteiger partial charge in [-0.05, 0) is 55.5 Å². The number of fused-ring (bicyclic) bond motifs is 1. The van der Waals surface area contributed by atoms with E-state index in [1.54, 1.807) is 36.4 Å². The first-order chi connectivity index (χ1) is 17.4. The number of Topliss-reactive ketones (excluding diaryl/α,β-unsaturated/α-hetero) is 1. The van der Waals surface area contributed by atoms with Crippen LogP contribution in [-0.4, -0.2) is 35.5 Å². The average Bonchev–Trinajstić information content (AvgIpc) is 3.42. The average molecular weight is 505 g/mol. The molecule has 182 valence electrons. The first kappa shape index (κ1) is 23.5. The number of halogens is 1. The van der Waals surface area contributed by atoms with Crippen LogP contribution in [0.1, 0.15) is 24.1 Å². The summed E-state index contributed by atoms with van der Waals surface area (Å²) in [5, 5.41) is 11.5. The van der Waals surface area contributed by atoms with Gasteiger partial charge in [-0.15, -0.1) is 0 Å². The van der Waals surface area contributed by atoms with Gasteiger partial charge in [-0.3, -0.25) is 14.5 Å². The van der Waals surface area contributed by atoms with Gasteiger partial charge in [-0.2, -0.15) is 0 Å². The number of nitrogens with zero attached hydrogens (tertiary/aromatic N) is 2. The van der Waals surface area contributed by atoms with E-state index >= 15 is 0 Å². The quantitative estimate of drug-likeness (QED) is 0.213. The van der Waals surface area contributed by atoms with Crippen molar-refractivity contribution in [3.8, 4) is 11.5 Å². The largest absolute Gasteiger partial charge is 0.507 e. The predicted molar refractivity (Wildman–Crippen MR) is 135 cm³/mol. The molecule has 7 nitrogen and oxygen atoms in total. The number of carbonyl (C=O) groups excluding carboxylic acids is 2. The molecular weight excluding hydrogens is 483 g/mol. The van der Waals surface area contributed by atoms with Crippen LogP contribution >= 0.6 is 11.3 Å². The molecule has 1 aliphatic heterocycles. The molecule has 0 aliphatic carbocycles. The van der Waals surface area contributed by atoms with Gasteiger partial charge in [0.1, 0.15) is 29.1 Å². The standard InChI is InChI=1S/C27H21FN2O5S/c1-3-35-17-12-13-19-21(14-17)36-27(29-19)30-23(18-6-4-5-7-20(18)34-2)22(25(32)26(30)33)24(31)15-8-10-16(28)11-9-15/h4-14,23,31H,3H2,1-2H3/b24-22+/t23-/m0/s1. The van der Waals surface area contributed by atoms with Crippen molar-refractivity contribution < 1.29 is 28.6 Å². The van der Waals surface area contributed by atoms with E-state index in [0.29, 0.717) is 29.2 Å². The van der Waals surface area contributed by atoms with E-state index in [1.807, 2.05) is 13.0 Å². The van der Waals surface area contributed by atoms with Crippen LogP contribution in [0.4, 0.5) is 9.52 Å². The molecule has 1 saturated heterocycles. The Labute approximate surface area is 210 Å². The predicted octanol–water partition coefficient (Wildman–Crippen LogP) is 5.47. The van der Waals surface area contributed by atoms with E-state index in [1.165, 1.54) is 47.6 Å². The third kappa shape index (κ3) is 3.97. The molecule has 0 saturated carbocycles. The summed E-state index contributed by atoms with van der Waals surface area (Å²) >= 11 is 1.23. The molecule has 9 heteroatoms. The maximum atomic E-state index is 13.5. The van der Waals surface area contributed by atoms with Gasteiger partial charge >= 0.3 is 5.91 Å². The number of amides is 1. The van der Waals surface area contributed by atoms with Gasteiger partial charge in [0.15, 0.2) is 5.13 Å². The number of aliphatic hydroxyl groups excluding tert-OH is 1. The lowest BCUT2D eigenvalue weighted by atomic mass is 9.94. The molecule has 1 aromatic heterocycles. The molecule has 5 rings (SSSR count). The fraction of sp³-hybridized carbons (Fsp3) is 0.148. The smallest absolute Gasteiger partial charge is 0.301 e. The van der Waals surface area contributed by atoms with E-state index < -0.39 is 29.3 Å². The van der Waals surface area contributed by atoms with E-state index in [4.69, 9.17) is 9.47 Å². The van der Waals surface area contributed by atoms with Gasteiger partial charge in [0, 0.05) is 11.1 Å². The molecule has 0 unspecified atom stereocenters. The lowest BCUT2D eigenvalue weighted by Gasteiger charge is -2.24. The number of ether oxygens (including phenoxy) is 2. The fourth-order valence-corrected chi connectivity index (χ4v) is 5.25. The molecule has 3 aromatic carbocycles. The molecule has 36 heavy (non-hydrogen) atoms. The Hall–Kier alpha value is -4.24. The summed E-state index contributed by atoms with van der Waals surface area (Å²) in [5.74, 6) is -1.51. The van der Waals surface area contributed by atoms with Crippen molar-refractivity contribution in [2.75, 3.05) is 18.6 Å². The number of methoxy groups -OCH3 is 1. The van der Waals surface area contributed by atoms with Crippen LogP contribution in [-0.2, 0) is 9.59 Å². The Kier molecular flexibility index (Phi) is 6.15. The molecule has 1 atom stereocenters. The highest BCUT2D eigenvalue weighted by molar-refractivity contribution is 7.22. The maximum absolute atomic E-state index is 13.5. The Morgan fingerprint density at radius 3 is 2.58 bits per heavy atom. The number of rotatable bonds is 6. The highest BCUT2D eigenvalue weighted by Gasteiger charge is 2.49. The fourth-order valence-electron chi connectivity index (χ4n) is 4.23. The zero-order valence-corrected chi connectivity index (χ0v) is 20.2. The molecule has 2 heterocycles. The summed E-state index contributed by atoms with van der Waals surface area (Å²) in [6, 6.07) is 16.4. The number of ketones is 1. The third-order valence-electron chi connectivity index (χ3n) is 5.86. The highest BCUT2D eigenvalue weighted by atomic mass is 32.1. The van der Waals surface area contributed by atoms with Crippen LogP contribution in [0.2, 0.25) is 0 Å². The third-order valence-corrected chi connectivity index (χ3v) is 6.88. The minimum atomic E-state index is -1.02. The SMILES string of the molecule is CCOc1ccc2nc(N3C(=O)C(=O)/C(=C(/O)c4ccc(F)cc4)[C@@H]3c3ccccc3OC)sc2c1. The second kappa shape index (κ2) is 9.43. The van der Waals surface area contributed by atoms with Gasteiger partial charge in [0.2, 0.25) is 0 Å². The molecule has 0 radical (unpaired) electrons. The molecule has 4 aromatic rings. The lowest BCUT2D eigenvalue weighted by molar-refractivity contribution is -0.132. The molecule has 0 spiro atoms. The number of aromatic nitrogens is 1. The van der Waals surface area contributed by atoms with Gasteiger partial charge in [-0.25, -0.2) is 9.37 Å². The second-order valence-electron chi connectivity index (χ2n) is 7.98. The Morgan fingerprint density at radius 2 is 1.86 bits per heavy atom. The minimum absolute atomic E-state index is 0.134. The first-order valence-corrected chi connectivity index (χ1v) is 12.0. The molecule has 0 bridgehead atoms. The van der Waals surface area contributed by atoms with Crippen LogP contribution in [0.3, 0.4) is 0 Å². The van der Waals surface area contributed by atoms with Crippen molar-refractivity contribution in [1.29, 1.82) is 0 Å². The maximum Gasteiger partial charge on any atom is 0.301 e. The summed E-state index contributed by atoms with van der Waals surface area (Å²) in [6.45, 7) is 2.39. The van der Waals surface area contributed by atoms with Crippen molar-refractivity contribution in [1.82, 2.24) is 4.98 Å². The van der Waals surface area contributed by atoms with Crippen molar-refractivity contribution >= 4 is 44.1 Å². The minimum Gasteiger partial charge on any atom is -0.507 e. The van der Waals surface area contributed by atoms with Crippen LogP contribution in [0.5, 0.6) is 11.5 Å². The second-order valence-corrected chi connectivity index (χ2v) is 8.99. The van der Waals surface area contributed by atoms with Crippen molar-refractivity contribution in [2.24, 2.45) is 0 Å². The highest BCUT2D eigenvalue weighted by Crippen LogP contribution is 2.46. The molecule has 1 fully saturated rings. The van der Waals surface area contributed by atoms with Crippen LogP contribution in [0.25, 0.3) is 16.0 Å². The first-order valence-electron chi connectivity index (χ1n) is 11.2. The normalized spacial score (nSPS) is 17.1. The van der Waals surface area contributed by atoms with E-state index in [-0.39, 0.29) is 16.3 Å². The number of para-hydroxylation sites is 1. The number of hydrogen-bond donors (Lipinski definition) is 1. The number of thiazole rings is 1. The van der Waals surface area contributed by atoms with Gasteiger partial charge < -0.3 is 14.6 Å².